The van der Waals surface area contributed by atoms with E-state index in [0.29, 0.717) is 16.7 Å². The molecule has 2 heterocycles. The zero-order valence-electron chi connectivity index (χ0n) is 12.5. The van der Waals surface area contributed by atoms with Gasteiger partial charge in [-0.05, 0) is 29.2 Å². The molecule has 1 fully saturated rings. The first kappa shape index (κ1) is 14.7. The summed E-state index contributed by atoms with van der Waals surface area (Å²) >= 11 is 0. The first-order valence-corrected chi connectivity index (χ1v) is 7.31. The maximum Gasteiger partial charge on any atom is 0.255 e. The molecule has 1 N–H and O–H groups in total. The van der Waals surface area contributed by atoms with E-state index in [0.717, 1.165) is 0 Å². The summed E-state index contributed by atoms with van der Waals surface area (Å²) in [7, 11) is 0. The Bertz CT molecular complexity index is 684. The highest BCUT2D eigenvalue weighted by Crippen LogP contribution is 2.30. The van der Waals surface area contributed by atoms with Crippen LogP contribution in [0.5, 0.6) is 0 Å². The van der Waals surface area contributed by atoms with Crippen LogP contribution in [0.2, 0.25) is 0 Å². The van der Waals surface area contributed by atoms with Gasteiger partial charge in [-0.25, -0.2) is 4.39 Å². The van der Waals surface area contributed by atoms with Gasteiger partial charge in [0.25, 0.3) is 5.91 Å². The minimum Gasteiger partial charge on any atom is -0.353 e. The standard InChI is InChI=1S/C16H17FN2O3/c1-8(2)10-4-11-9(3-12(10)17)7-19(16(11)22)13-6-18-15(21)5-14(13)20/h3-4,8,13H,5-7H2,1-2H3,(H,18,21)/t13-/m1/s1. The van der Waals surface area contributed by atoms with Crippen LogP contribution >= 0.6 is 0 Å². The molecular weight excluding hydrogens is 287 g/mol. The molecule has 2 aliphatic heterocycles. The molecule has 0 aliphatic carbocycles. The molecule has 1 saturated heterocycles. The molecule has 0 unspecified atom stereocenters. The molecule has 2 amide bonds. The Hall–Kier alpha value is -2.24. The average molecular weight is 304 g/mol. The molecule has 22 heavy (non-hydrogen) atoms. The van der Waals surface area contributed by atoms with Gasteiger partial charge in [-0.1, -0.05) is 13.8 Å². The first-order valence-electron chi connectivity index (χ1n) is 7.31. The van der Waals surface area contributed by atoms with E-state index < -0.39 is 6.04 Å². The molecule has 1 aromatic carbocycles. The van der Waals surface area contributed by atoms with Crippen LogP contribution in [0.15, 0.2) is 12.1 Å². The van der Waals surface area contributed by atoms with E-state index in [1.165, 1.54) is 11.0 Å². The van der Waals surface area contributed by atoms with Gasteiger partial charge in [-0.3, -0.25) is 14.4 Å². The van der Waals surface area contributed by atoms with Crippen LogP contribution in [0.4, 0.5) is 4.39 Å². The van der Waals surface area contributed by atoms with Crippen molar-refractivity contribution in [2.24, 2.45) is 0 Å². The van der Waals surface area contributed by atoms with Crippen molar-refractivity contribution in [3.05, 3.63) is 34.6 Å². The summed E-state index contributed by atoms with van der Waals surface area (Å²) < 4.78 is 14.1. The van der Waals surface area contributed by atoms with Crippen molar-refractivity contribution in [1.29, 1.82) is 0 Å². The van der Waals surface area contributed by atoms with Gasteiger partial charge in [0.1, 0.15) is 11.9 Å². The van der Waals surface area contributed by atoms with Crippen molar-refractivity contribution in [1.82, 2.24) is 10.2 Å². The highest BCUT2D eigenvalue weighted by Gasteiger charge is 2.39. The molecule has 3 rings (SSSR count). The van der Waals surface area contributed by atoms with Gasteiger partial charge < -0.3 is 10.2 Å². The predicted octanol–water partition coefficient (Wildman–Crippen LogP) is 1.36. The van der Waals surface area contributed by atoms with Gasteiger partial charge >= 0.3 is 0 Å². The molecule has 6 heteroatoms. The number of carbonyl (C=O) groups excluding carboxylic acids is 3. The number of amides is 2. The summed E-state index contributed by atoms with van der Waals surface area (Å²) in [6.45, 7) is 4.05. The number of hydrogen-bond acceptors (Lipinski definition) is 3. The number of ketones is 1. The van der Waals surface area contributed by atoms with Crippen LogP contribution in [0.25, 0.3) is 0 Å². The van der Waals surface area contributed by atoms with Crippen molar-refractivity contribution in [3.8, 4) is 0 Å². The summed E-state index contributed by atoms with van der Waals surface area (Å²) in [5.74, 6) is -1.21. The fourth-order valence-corrected chi connectivity index (χ4v) is 3.01. The molecule has 0 saturated carbocycles. The molecule has 2 aliphatic rings. The van der Waals surface area contributed by atoms with Crippen molar-refractivity contribution in [2.45, 2.75) is 38.8 Å². The second-order valence-corrected chi connectivity index (χ2v) is 6.08. The van der Waals surface area contributed by atoms with Crippen molar-refractivity contribution in [2.75, 3.05) is 6.54 Å². The summed E-state index contributed by atoms with van der Waals surface area (Å²) in [6.07, 6.45) is -0.212. The SMILES string of the molecule is CC(C)c1cc2c(cc1F)CN([C@@H]1CNC(=O)CC1=O)C2=O. The third kappa shape index (κ3) is 2.28. The number of piperidine rings is 1. The van der Waals surface area contributed by atoms with Crippen molar-refractivity contribution >= 4 is 17.6 Å². The van der Waals surface area contributed by atoms with Crippen LogP contribution in [-0.2, 0) is 16.1 Å². The van der Waals surface area contributed by atoms with E-state index >= 15 is 0 Å². The number of benzene rings is 1. The zero-order valence-corrected chi connectivity index (χ0v) is 12.5. The van der Waals surface area contributed by atoms with E-state index in [2.05, 4.69) is 5.32 Å². The molecular formula is C16H17FN2O3. The highest BCUT2D eigenvalue weighted by atomic mass is 19.1. The Morgan fingerprint density at radius 2 is 2.00 bits per heavy atom. The van der Waals surface area contributed by atoms with Gasteiger partial charge in [-0.15, -0.1) is 0 Å². The number of rotatable bonds is 2. The third-order valence-corrected chi connectivity index (χ3v) is 4.25. The first-order chi connectivity index (χ1) is 10.4. The van der Waals surface area contributed by atoms with Crippen molar-refractivity contribution < 1.29 is 18.8 Å². The lowest BCUT2D eigenvalue weighted by Crippen LogP contribution is -2.53. The zero-order chi connectivity index (χ0) is 16.0. The number of carbonyl (C=O) groups is 3. The van der Waals surface area contributed by atoms with E-state index in [-0.39, 0.29) is 48.8 Å². The van der Waals surface area contributed by atoms with Crippen molar-refractivity contribution in [3.63, 3.8) is 0 Å². The fraction of sp³-hybridized carbons (Fsp3) is 0.438. The topological polar surface area (TPSA) is 66.5 Å². The van der Waals surface area contributed by atoms with E-state index in [9.17, 15) is 18.8 Å². The fourth-order valence-electron chi connectivity index (χ4n) is 3.01. The lowest BCUT2D eigenvalue weighted by molar-refractivity contribution is -0.134. The smallest absolute Gasteiger partial charge is 0.255 e. The van der Waals surface area contributed by atoms with E-state index in [1.54, 1.807) is 6.07 Å². The third-order valence-electron chi connectivity index (χ3n) is 4.25. The normalized spacial score (nSPS) is 21.4. The highest BCUT2D eigenvalue weighted by molar-refractivity contribution is 6.07. The molecule has 0 radical (unpaired) electrons. The van der Waals surface area contributed by atoms with Crippen LogP contribution in [0.1, 0.15) is 47.7 Å². The van der Waals surface area contributed by atoms with E-state index in [4.69, 9.17) is 0 Å². The Balaban J connectivity index is 1.91. The number of hydrogen-bond donors (Lipinski definition) is 1. The van der Waals surface area contributed by atoms with Gasteiger partial charge in [0.05, 0.1) is 6.42 Å². The molecule has 0 bridgehead atoms. The number of halogens is 1. The Morgan fingerprint density at radius 1 is 1.27 bits per heavy atom. The van der Waals surface area contributed by atoms with Crippen LogP contribution in [-0.4, -0.2) is 35.1 Å². The van der Waals surface area contributed by atoms with Crippen LogP contribution in [0, 0.1) is 5.82 Å². The molecule has 1 atom stereocenters. The lowest BCUT2D eigenvalue weighted by Gasteiger charge is -2.29. The number of fused-ring (bicyclic) bond motifs is 1. The summed E-state index contributed by atoms with van der Waals surface area (Å²) in [5, 5.41) is 2.60. The number of nitrogens with one attached hydrogen (secondary N) is 1. The molecule has 5 nitrogen and oxygen atoms in total. The van der Waals surface area contributed by atoms with Gasteiger partial charge in [-0.2, -0.15) is 0 Å². The minimum atomic E-state index is -0.664. The average Bonchev–Trinajstić information content (AvgIpc) is 2.74. The molecule has 0 aromatic heterocycles. The molecule has 0 spiro atoms. The second-order valence-electron chi connectivity index (χ2n) is 6.08. The van der Waals surface area contributed by atoms with E-state index in [1.807, 2.05) is 13.8 Å². The Labute approximate surface area is 127 Å². The summed E-state index contributed by atoms with van der Waals surface area (Å²) in [6, 6.07) is 2.31. The predicted molar refractivity (Wildman–Crippen MR) is 76.8 cm³/mol. The summed E-state index contributed by atoms with van der Waals surface area (Å²) in [4.78, 5) is 37.2. The second kappa shape index (κ2) is 5.19. The monoisotopic (exact) mass is 304 g/mol. The van der Waals surface area contributed by atoms with Crippen LogP contribution < -0.4 is 5.32 Å². The number of nitrogens with zero attached hydrogens (tertiary/aromatic N) is 1. The Kier molecular flexibility index (Phi) is 3.47. The molecule has 116 valence electrons. The maximum atomic E-state index is 14.1. The van der Waals surface area contributed by atoms with Crippen LogP contribution in [0.3, 0.4) is 0 Å². The van der Waals surface area contributed by atoms with Gasteiger partial charge in [0, 0.05) is 18.7 Å². The quantitative estimate of drug-likeness (QED) is 0.839. The minimum absolute atomic E-state index is 0.0252. The maximum absolute atomic E-state index is 14.1. The Morgan fingerprint density at radius 3 is 2.64 bits per heavy atom. The van der Waals surface area contributed by atoms with Gasteiger partial charge in [0.15, 0.2) is 5.78 Å². The molecule has 1 aromatic rings. The largest absolute Gasteiger partial charge is 0.353 e. The summed E-state index contributed by atoms with van der Waals surface area (Å²) in [5.41, 5.74) is 1.55. The lowest BCUT2D eigenvalue weighted by atomic mass is 9.97. The number of Topliss-reactive ketones (excluding diaryl/α,β-unsaturated/α-hetero) is 1. The van der Waals surface area contributed by atoms with Gasteiger partial charge in [0.2, 0.25) is 5.91 Å².